The fourth-order valence-corrected chi connectivity index (χ4v) is 3.24. The summed E-state index contributed by atoms with van der Waals surface area (Å²) < 4.78 is 7.12. The van der Waals surface area contributed by atoms with Crippen molar-refractivity contribution in [1.29, 1.82) is 0 Å². The molecule has 0 aromatic carbocycles. The minimum absolute atomic E-state index is 0.368. The van der Waals surface area contributed by atoms with Crippen LogP contribution in [0.4, 0.5) is 5.82 Å². The SMILES string of the molecule is CC1CN(c2ncnc3c2ncn3[C@@H]2O[C@H](CO)[C@@H](O)[C@H]2O)C1. The van der Waals surface area contributed by atoms with Gasteiger partial charge in [-0.05, 0) is 5.92 Å². The lowest BCUT2D eigenvalue weighted by atomic mass is 10.0. The average Bonchev–Trinajstić information content (AvgIpc) is 3.07. The Kier molecular flexibility index (Phi) is 3.45. The van der Waals surface area contributed by atoms with Crippen LogP contribution in [0.25, 0.3) is 11.2 Å². The lowest BCUT2D eigenvalue weighted by Crippen LogP contribution is -2.45. The molecule has 3 N–H and O–H groups in total. The zero-order chi connectivity index (χ0) is 16.1. The molecule has 9 nitrogen and oxygen atoms in total. The quantitative estimate of drug-likeness (QED) is 0.652. The number of aliphatic hydroxyl groups excluding tert-OH is 3. The van der Waals surface area contributed by atoms with Crippen LogP contribution in [0, 0.1) is 5.92 Å². The van der Waals surface area contributed by atoms with Crippen LogP contribution in [0.3, 0.4) is 0 Å². The lowest BCUT2D eigenvalue weighted by Gasteiger charge is -2.38. The highest BCUT2D eigenvalue weighted by Crippen LogP contribution is 2.33. The molecule has 4 rings (SSSR count). The highest BCUT2D eigenvalue weighted by atomic mass is 16.6. The zero-order valence-electron chi connectivity index (χ0n) is 12.6. The van der Waals surface area contributed by atoms with E-state index in [1.165, 1.54) is 12.7 Å². The van der Waals surface area contributed by atoms with Gasteiger partial charge in [0.05, 0.1) is 12.9 Å². The summed E-state index contributed by atoms with van der Waals surface area (Å²) in [6, 6.07) is 0. The summed E-state index contributed by atoms with van der Waals surface area (Å²) in [5.74, 6) is 1.39. The molecule has 2 aromatic heterocycles. The minimum atomic E-state index is -1.16. The largest absolute Gasteiger partial charge is 0.394 e. The van der Waals surface area contributed by atoms with E-state index >= 15 is 0 Å². The number of imidazole rings is 1. The van der Waals surface area contributed by atoms with E-state index in [0.717, 1.165) is 18.9 Å². The van der Waals surface area contributed by atoms with Crippen LogP contribution in [0.15, 0.2) is 12.7 Å². The third-order valence-corrected chi connectivity index (χ3v) is 4.49. The van der Waals surface area contributed by atoms with Gasteiger partial charge in [0.2, 0.25) is 0 Å². The Bertz CT molecular complexity index is 716. The van der Waals surface area contributed by atoms with Crippen LogP contribution in [-0.4, -0.2) is 72.8 Å². The van der Waals surface area contributed by atoms with Crippen molar-refractivity contribution in [1.82, 2.24) is 19.5 Å². The molecule has 0 bridgehead atoms. The van der Waals surface area contributed by atoms with Crippen molar-refractivity contribution in [2.45, 2.75) is 31.5 Å². The van der Waals surface area contributed by atoms with Crippen LogP contribution >= 0.6 is 0 Å². The van der Waals surface area contributed by atoms with Gasteiger partial charge in [0, 0.05) is 13.1 Å². The maximum Gasteiger partial charge on any atom is 0.167 e. The van der Waals surface area contributed by atoms with Crippen LogP contribution in [0.1, 0.15) is 13.2 Å². The number of aromatic nitrogens is 4. The minimum Gasteiger partial charge on any atom is -0.394 e. The van der Waals surface area contributed by atoms with Crippen LogP contribution < -0.4 is 4.90 Å². The molecule has 2 aliphatic heterocycles. The molecule has 0 unspecified atom stereocenters. The van der Waals surface area contributed by atoms with Crippen molar-refractivity contribution >= 4 is 17.0 Å². The summed E-state index contributed by atoms with van der Waals surface area (Å²) in [4.78, 5) is 15.0. The zero-order valence-corrected chi connectivity index (χ0v) is 12.6. The van der Waals surface area contributed by atoms with E-state index in [-0.39, 0.29) is 6.61 Å². The Morgan fingerprint density at radius 3 is 2.65 bits per heavy atom. The summed E-state index contributed by atoms with van der Waals surface area (Å²) in [6.45, 7) is 3.65. The molecule has 0 aliphatic carbocycles. The van der Waals surface area contributed by atoms with Crippen molar-refractivity contribution in [3.05, 3.63) is 12.7 Å². The van der Waals surface area contributed by atoms with E-state index < -0.39 is 24.5 Å². The molecule has 0 radical (unpaired) electrons. The molecule has 2 aromatic rings. The van der Waals surface area contributed by atoms with Gasteiger partial charge in [-0.25, -0.2) is 15.0 Å². The molecule has 2 aliphatic rings. The first-order chi connectivity index (χ1) is 11.1. The predicted octanol–water partition coefficient (Wildman–Crippen LogP) is -1.11. The van der Waals surface area contributed by atoms with Crippen LogP contribution in [0.5, 0.6) is 0 Å². The lowest BCUT2D eigenvalue weighted by molar-refractivity contribution is -0.0511. The number of fused-ring (bicyclic) bond motifs is 1. The molecule has 4 heterocycles. The molecule has 2 fully saturated rings. The predicted molar refractivity (Wildman–Crippen MR) is 79.7 cm³/mol. The van der Waals surface area contributed by atoms with Gasteiger partial charge in [-0.1, -0.05) is 6.92 Å². The van der Waals surface area contributed by atoms with Gasteiger partial charge in [0.15, 0.2) is 23.2 Å². The van der Waals surface area contributed by atoms with E-state index in [0.29, 0.717) is 17.1 Å². The van der Waals surface area contributed by atoms with Gasteiger partial charge in [-0.15, -0.1) is 0 Å². The molecular formula is C14H19N5O4. The van der Waals surface area contributed by atoms with E-state index in [4.69, 9.17) is 4.74 Å². The van der Waals surface area contributed by atoms with Crippen LogP contribution in [0.2, 0.25) is 0 Å². The number of aliphatic hydroxyl groups is 3. The normalized spacial score (nSPS) is 31.7. The molecule has 2 saturated heterocycles. The second kappa shape index (κ2) is 5.38. The fourth-order valence-electron chi connectivity index (χ4n) is 3.24. The third-order valence-electron chi connectivity index (χ3n) is 4.49. The highest BCUT2D eigenvalue weighted by molar-refractivity contribution is 5.83. The first-order valence-electron chi connectivity index (χ1n) is 7.65. The number of rotatable bonds is 3. The second-order valence-electron chi connectivity index (χ2n) is 6.26. The molecule has 0 saturated carbocycles. The Hall–Kier alpha value is -1.81. The molecule has 0 amide bonds. The van der Waals surface area contributed by atoms with E-state index in [9.17, 15) is 15.3 Å². The molecule has 4 atom stereocenters. The van der Waals surface area contributed by atoms with E-state index in [1.807, 2.05) is 0 Å². The highest BCUT2D eigenvalue weighted by Gasteiger charge is 2.44. The maximum absolute atomic E-state index is 10.2. The van der Waals surface area contributed by atoms with Gasteiger partial charge in [0.1, 0.15) is 24.6 Å². The van der Waals surface area contributed by atoms with E-state index in [1.54, 1.807) is 4.57 Å². The molecule has 9 heteroatoms. The third kappa shape index (κ3) is 2.19. The van der Waals surface area contributed by atoms with Crippen molar-refractivity contribution in [3.8, 4) is 0 Å². The molecule has 23 heavy (non-hydrogen) atoms. The molecular weight excluding hydrogens is 302 g/mol. The summed E-state index contributed by atoms with van der Waals surface area (Å²) in [5.41, 5.74) is 1.17. The average molecular weight is 321 g/mol. The first kappa shape index (κ1) is 14.8. The van der Waals surface area contributed by atoms with E-state index in [2.05, 4.69) is 26.8 Å². The summed E-state index contributed by atoms with van der Waals surface area (Å²) in [7, 11) is 0. The molecule has 124 valence electrons. The Balaban J connectivity index is 1.71. The number of ether oxygens (including phenoxy) is 1. The maximum atomic E-state index is 10.2. The number of hydrogen-bond acceptors (Lipinski definition) is 8. The second-order valence-corrected chi connectivity index (χ2v) is 6.26. The number of hydrogen-bond donors (Lipinski definition) is 3. The van der Waals surface area contributed by atoms with Crippen molar-refractivity contribution in [2.24, 2.45) is 5.92 Å². The topological polar surface area (TPSA) is 117 Å². The standard InChI is InChI=1S/C14H19N5O4/c1-7-2-18(3-7)12-9-13(16-5-15-12)19(6-17-9)14-11(22)10(21)8(4-20)23-14/h5-8,10-11,14,20-22H,2-4H2,1H3/t8-,10-,11-,14-/m1/s1. The van der Waals surface area contributed by atoms with Gasteiger partial charge in [0.25, 0.3) is 0 Å². The van der Waals surface area contributed by atoms with Gasteiger partial charge in [-0.3, -0.25) is 4.57 Å². The molecule has 0 spiro atoms. The monoisotopic (exact) mass is 321 g/mol. The smallest absolute Gasteiger partial charge is 0.167 e. The number of anilines is 1. The Morgan fingerprint density at radius 2 is 2.00 bits per heavy atom. The fraction of sp³-hybridized carbons (Fsp3) is 0.643. The van der Waals surface area contributed by atoms with Gasteiger partial charge >= 0.3 is 0 Å². The Morgan fingerprint density at radius 1 is 1.22 bits per heavy atom. The van der Waals surface area contributed by atoms with Crippen molar-refractivity contribution in [3.63, 3.8) is 0 Å². The summed E-state index contributed by atoms with van der Waals surface area (Å²) in [5, 5.41) is 29.3. The number of nitrogens with zero attached hydrogens (tertiary/aromatic N) is 5. The van der Waals surface area contributed by atoms with Gasteiger partial charge < -0.3 is 25.0 Å². The van der Waals surface area contributed by atoms with Crippen molar-refractivity contribution in [2.75, 3.05) is 24.6 Å². The summed E-state index contributed by atoms with van der Waals surface area (Å²) >= 11 is 0. The Labute approximate surface area is 132 Å². The first-order valence-corrected chi connectivity index (χ1v) is 7.65. The van der Waals surface area contributed by atoms with Gasteiger partial charge in [-0.2, -0.15) is 0 Å². The van der Waals surface area contributed by atoms with Crippen molar-refractivity contribution < 1.29 is 20.1 Å². The summed E-state index contributed by atoms with van der Waals surface area (Å²) in [6.07, 6.45) is -1.01. The van der Waals surface area contributed by atoms with Crippen LogP contribution in [-0.2, 0) is 4.74 Å².